The average Bonchev–Trinajstić information content (AvgIpc) is 2.36. The third-order valence-corrected chi connectivity index (χ3v) is 6.90. The molecule has 0 aliphatic heterocycles. The molecule has 0 atom stereocenters. The maximum Gasteiger partial charge on any atom is 0.0448 e. The molecule has 0 spiro atoms. The van der Waals surface area contributed by atoms with E-state index in [0.717, 1.165) is 11.8 Å². The lowest BCUT2D eigenvalue weighted by Gasteiger charge is -2.44. The van der Waals surface area contributed by atoms with Crippen molar-refractivity contribution in [1.82, 2.24) is 5.32 Å². The van der Waals surface area contributed by atoms with Crippen molar-refractivity contribution in [3.8, 4) is 0 Å². The molecule has 0 radical (unpaired) electrons. The van der Waals surface area contributed by atoms with Gasteiger partial charge >= 0.3 is 0 Å². The number of unbranched alkanes of at least 4 members (excludes halogenated alkanes) is 1. The van der Waals surface area contributed by atoms with Crippen LogP contribution in [-0.4, -0.2) is 21.2 Å². The predicted octanol–water partition coefficient (Wildman–Crippen LogP) is 5.94. The van der Waals surface area contributed by atoms with E-state index in [9.17, 15) is 0 Å². The Hall–Kier alpha value is 0.177. The van der Waals surface area contributed by atoms with Crippen molar-refractivity contribution in [1.29, 1.82) is 0 Å². The van der Waals surface area contributed by atoms with Crippen LogP contribution in [0, 0.1) is 17.3 Å². The van der Waals surface area contributed by atoms with E-state index in [2.05, 4.69) is 45.7 Å². The van der Waals surface area contributed by atoms with E-state index in [1.54, 1.807) is 0 Å². The fraction of sp³-hybridized carbons (Fsp3) is 1.00. The van der Waals surface area contributed by atoms with Crippen molar-refractivity contribution in [2.75, 3.05) is 13.1 Å². The first kappa shape index (κ1) is 19.2. The predicted molar refractivity (Wildman–Crippen MR) is 99.8 cm³/mol. The molecule has 0 aromatic heterocycles. The van der Waals surface area contributed by atoms with E-state index in [0.29, 0.717) is 5.41 Å². The van der Waals surface area contributed by atoms with Gasteiger partial charge in [0, 0.05) is 14.6 Å². The summed E-state index contributed by atoms with van der Waals surface area (Å²) >= 11 is 0. The largest absolute Gasteiger partial charge is 0.316 e. The van der Waals surface area contributed by atoms with Crippen LogP contribution in [0.1, 0.15) is 65.7 Å². The molecule has 21 heavy (non-hydrogen) atoms. The van der Waals surface area contributed by atoms with Gasteiger partial charge in [-0.1, -0.05) is 65.7 Å². The highest BCUT2D eigenvalue weighted by Gasteiger charge is 2.38. The smallest absolute Gasteiger partial charge is 0.0448 e. The Morgan fingerprint density at radius 3 is 2.24 bits per heavy atom. The Morgan fingerprint density at radius 2 is 1.76 bits per heavy atom. The minimum absolute atomic E-state index is 0.627. The van der Waals surface area contributed by atoms with Crippen molar-refractivity contribution >= 4 is 8.07 Å². The topological polar surface area (TPSA) is 12.0 Å². The van der Waals surface area contributed by atoms with Crippen molar-refractivity contribution in [3.05, 3.63) is 0 Å². The number of hydrogen-bond donors (Lipinski definition) is 1. The molecule has 1 rings (SSSR count). The van der Waals surface area contributed by atoms with Gasteiger partial charge in [0.25, 0.3) is 0 Å². The summed E-state index contributed by atoms with van der Waals surface area (Å²) in [6.07, 6.45) is 10.2. The molecule has 1 N–H and O–H groups in total. The lowest BCUT2D eigenvalue weighted by molar-refractivity contribution is 0.156. The zero-order valence-corrected chi connectivity index (χ0v) is 16.7. The van der Waals surface area contributed by atoms with Gasteiger partial charge in [0.05, 0.1) is 0 Å². The Morgan fingerprint density at radius 1 is 1.14 bits per heavy atom. The quantitative estimate of drug-likeness (QED) is 0.520. The molecule has 1 saturated carbocycles. The standard InChI is InChI=1S/C19H41NSi/c1-7-8-9-18-10-12-19(13-11-18,16-21(4,5)6)15-20-14-17(2)3/h17-18,20H,7-16H2,1-6H3. The van der Waals surface area contributed by atoms with E-state index in [4.69, 9.17) is 0 Å². The second-order valence-corrected chi connectivity index (χ2v) is 14.8. The van der Waals surface area contributed by atoms with Crippen LogP contribution in [0.25, 0.3) is 0 Å². The van der Waals surface area contributed by atoms with Crippen molar-refractivity contribution in [2.45, 2.75) is 91.4 Å². The molecular formula is C19H41NSi. The Bertz CT molecular complexity index is 272. The summed E-state index contributed by atoms with van der Waals surface area (Å²) in [6.45, 7) is 17.1. The van der Waals surface area contributed by atoms with Gasteiger partial charge in [0.2, 0.25) is 0 Å². The van der Waals surface area contributed by atoms with Crippen LogP contribution in [0.3, 0.4) is 0 Å². The molecule has 126 valence electrons. The zero-order valence-electron chi connectivity index (χ0n) is 15.7. The van der Waals surface area contributed by atoms with Crippen LogP contribution in [-0.2, 0) is 0 Å². The Kier molecular flexibility index (Phi) is 7.98. The van der Waals surface area contributed by atoms with Crippen LogP contribution in [0.4, 0.5) is 0 Å². The van der Waals surface area contributed by atoms with E-state index >= 15 is 0 Å². The summed E-state index contributed by atoms with van der Waals surface area (Å²) in [5, 5.41) is 3.80. The Balaban J connectivity index is 2.54. The molecule has 0 aromatic rings. The summed E-state index contributed by atoms with van der Waals surface area (Å²) in [4.78, 5) is 0. The molecule has 0 amide bonds. The first-order chi connectivity index (χ1) is 9.76. The summed E-state index contributed by atoms with van der Waals surface area (Å²) in [6, 6.07) is 1.52. The normalized spacial score (nSPS) is 27.3. The third-order valence-electron chi connectivity index (χ3n) is 5.09. The van der Waals surface area contributed by atoms with Gasteiger partial charge in [-0.15, -0.1) is 0 Å². The molecular weight excluding hydrogens is 270 g/mol. The second kappa shape index (κ2) is 8.72. The van der Waals surface area contributed by atoms with E-state index < -0.39 is 8.07 Å². The average molecular weight is 312 g/mol. The zero-order chi connectivity index (χ0) is 15.9. The van der Waals surface area contributed by atoms with E-state index in [1.165, 1.54) is 64.1 Å². The first-order valence-corrected chi connectivity index (χ1v) is 13.2. The number of hydrogen-bond acceptors (Lipinski definition) is 1. The van der Waals surface area contributed by atoms with Gasteiger partial charge in [0.1, 0.15) is 0 Å². The van der Waals surface area contributed by atoms with Gasteiger partial charge in [-0.05, 0) is 49.5 Å². The monoisotopic (exact) mass is 311 g/mol. The summed E-state index contributed by atoms with van der Waals surface area (Å²) < 4.78 is 0. The summed E-state index contributed by atoms with van der Waals surface area (Å²) in [5.41, 5.74) is 0.627. The van der Waals surface area contributed by atoms with Crippen LogP contribution in [0.15, 0.2) is 0 Å². The van der Waals surface area contributed by atoms with Crippen LogP contribution < -0.4 is 5.32 Å². The third kappa shape index (κ3) is 7.83. The van der Waals surface area contributed by atoms with Crippen molar-refractivity contribution in [2.24, 2.45) is 17.3 Å². The molecule has 2 heteroatoms. The summed E-state index contributed by atoms with van der Waals surface area (Å²) in [5.74, 6) is 1.81. The van der Waals surface area contributed by atoms with Gasteiger partial charge in [-0.3, -0.25) is 0 Å². The molecule has 0 saturated heterocycles. The maximum absolute atomic E-state index is 3.80. The Labute approximate surface area is 135 Å². The lowest BCUT2D eigenvalue weighted by Crippen LogP contribution is -2.43. The molecule has 1 fully saturated rings. The van der Waals surface area contributed by atoms with Gasteiger partial charge in [-0.2, -0.15) is 0 Å². The molecule has 0 bridgehead atoms. The highest BCUT2D eigenvalue weighted by atomic mass is 28.3. The van der Waals surface area contributed by atoms with Crippen LogP contribution >= 0.6 is 0 Å². The molecule has 0 unspecified atom stereocenters. The van der Waals surface area contributed by atoms with Gasteiger partial charge < -0.3 is 5.32 Å². The minimum Gasteiger partial charge on any atom is -0.316 e. The highest BCUT2D eigenvalue weighted by Crippen LogP contribution is 2.45. The van der Waals surface area contributed by atoms with E-state index in [1.807, 2.05) is 0 Å². The second-order valence-electron chi connectivity index (χ2n) is 9.35. The van der Waals surface area contributed by atoms with Crippen molar-refractivity contribution < 1.29 is 0 Å². The van der Waals surface area contributed by atoms with Crippen LogP contribution in [0.2, 0.25) is 25.7 Å². The van der Waals surface area contributed by atoms with Crippen molar-refractivity contribution in [3.63, 3.8) is 0 Å². The molecule has 0 heterocycles. The minimum atomic E-state index is -0.982. The number of nitrogens with one attached hydrogen (secondary N) is 1. The fourth-order valence-corrected chi connectivity index (χ4v) is 6.97. The molecule has 1 aliphatic rings. The molecule has 0 aromatic carbocycles. The molecule has 1 nitrogen and oxygen atoms in total. The van der Waals surface area contributed by atoms with Gasteiger partial charge in [-0.25, -0.2) is 0 Å². The molecule has 1 aliphatic carbocycles. The van der Waals surface area contributed by atoms with Crippen LogP contribution in [0.5, 0.6) is 0 Å². The lowest BCUT2D eigenvalue weighted by atomic mass is 9.70. The maximum atomic E-state index is 3.80. The van der Waals surface area contributed by atoms with E-state index in [-0.39, 0.29) is 0 Å². The SMILES string of the molecule is CCCCC1CCC(CNCC(C)C)(C[Si](C)(C)C)CC1. The fourth-order valence-electron chi connectivity index (χ4n) is 4.24. The number of rotatable bonds is 9. The first-order valence-electron chi connectivity index (χ1n) is 9.47. The highest BCUT2D eigenvalue weighted by molar-refractivity contribution is 6.76. The summed E-state index contributed by atoms with van der Waals surface area (Å²) in [7, 11) is -0.982. The van der Waals surface area contributed by atoms with Gasteiger partial charge in [0.15, 0.2) is 0 Å².